The van der Waals surface area contributed by atoms with E-state index in [1.54, 1.807) is 0 Å². The largest absolute Gasteiger partial charge is 0.545 e. The molecule has 2 atom stereocenters. The molecule has 0 aromatic heterocycles. The van der Waals surface area contributed by atoms with Crippen LogP contribution < -0.4 is 21.5 Å². The van der Waals surface area contributed by atoms with Crippen molar-refractivity contribution in [2.45, 2.75) is 0 Å². The molecule has 0 aromatic rings. The van der Waals surface area contributed by atoms with Gasteiger partial charge in [-0.2, -0.15) is 11.8 Å². The van der Waals surface area contributed by atoms with Gasteiger partial charge in [-0.15, -0.1) is 0 Å². The lowest BCUT2D eigenvalue weighted by molar-refractivity contribution is -0.639. The summed E-state index contributed by atoms with van der Waals surface area (Å²) in [6.45, 7) is 0. The number of hydrogen-bond acceptors (Lipinski definition) is 4. The van der Waals surface area contributed by atoms with Crippen LogP contribution in [-0.4, -0.2) is 0 Å². The summed E-state index contributed by atoms with van der Waals surface area (Å²) in [5.41, 5.74) is 0. The second-order valence-electron chi connectivity index (χ2n) is 1.35. The third-order valence-corrected chi connectivity index (χ3v) is 2.06. The maximum Gasteiger partial charge on any atom is 0.545 e. The molecule has 0 bridgehead atoms. The molecule has 0 aliphatic heterocycles. The highest BCUT2D eigenvalue weighted by molar-refractivity contribution is 7.93. The van der Waals surface area contributed by atoms with Crippen molar-refractivity contribution in [3.63, 3.8) is 0 Å². The molecule has 0 aliphatic rings. The van der Waals surface area contributed by atoms with E-state index in [-0.39, 0.29) is 0 Å². The smallest absolute Gasteiger partial charge is 0.157 e. The second kappa shape index (κ2) is 4.28. The van der Waals surface area contributed by atoms with Gasteiger partial charge < -0.3 is 0 Å². The molecule has 0 aliphatic carbocycles. The summed E-state index contributed by atoms with van der Waals surface area (Å²) < 4.78 is 48.6. The highest BCUT2D eigenvalue weighted by atomic mass is 32.3. The van der Waals surface area contributed by atoms with E-state index in [1.165, 1.54) is 9.66 Å². The Labute approximate surface area is 69.6 Å². The first-order chi connectivity index (χ1) is 5.33. The van der Waals surface area contributed by atoms with Crippen LogP contribution in [-0.2, 0) is 47.5 Å². The van der Waals surface area contributed by atoms with Crippen LogP contribution in [0.1, 0.15) is 0 Å². The van der Waals surface area contributed by atoms with E-state index in [1.807, 2.05) is 0 Å². The minimum absolute atomic E-state index is 1.28. The number of nitrogens with one attached hydrogen (secondary N) is 2. The van der Waals surface area contributed by atoms with Crippen LogP contribution in [0.15, 0.2) is 0 Å². The van der Waals surface area contributed by atoms with Gasteiger partial charge in [0.15, 0.2) is 0 Å². The van der Waals surface area contributed by atoms with E-state index in [0.29, 0.717) is 0 Å². The van der Waals surface area contributed by atoms with Gasteiger partial charge in [0.1, 0.15) is 9.11 Å². The Morgan fingerprint density at radius 2 is 1.17 bits per heavy atom. The van der Waals surface area contributed by atoms with Crippen molar-refractivity contribution in [1.29, 1.82) is 0 Å². The summed E-state index contributed by atoms with van der Waals surface area (Å²) in [5, 5.41) is 0. The first-order valence-electron chi connectivity index (χ1n) is 2.24. The van der Waals surface area contributed by atoms with Crippen LogP contribution >= 0.6 is 0 Å². The molecule has 0 saturated carbocycles. The molecule has 0 spiro atoms. The van der Waals surface area contributed by atoms with Gasteiger partial charge in [0, 0.05) is 18.1 Å². The molecule has 0 saturated heterocycles. The molecule has 10 nitrogen and oxygen atoms in total. The molecule has 2 radical (unpaired) electrons. The van der Waals surface area contributed by atoms with Gasteiger partial charge in [0.2, 0.25) is 0 Å². The van der Waals surface area contributed by atoms with Gasteiger partial charge in [-0.1, -0.05) is 0 Å². The fraction of sp³-hybridized carbons (Fsp3) is 0. The van der Waals surface area contributed by atoms with Crippen LogP contribution in [0.3, 0.4) is 0 Å². The third kappa shape index (κ3) is 4.78. The van der Waals surface area contributed by atoms with Gasteiger partial charge in [-0.25, -0.2) is 0 Å². The van der Waals surface area contributed by atoms with E-state index in [4.69, 9.17) is 0 Å². The van der Waals surface area contributed by atoms with Crippen molar-refractivity contribution < 1.29 is 37.9 Å². The zero-order valence-electron chi connectivity index (χ0n) is 5.68. The molecule has 0 rings (SSSR count). The van der Waals surface area contributed by atoms with Gasteiger partial charge in [-0.05, 0) is 0 Å². The lowest BCUT2D eigenvalue weighted by atomic mass is 13.0. The highest BCUT2D eigenvalue weighted by Crippen LogP contribution is 1.93. The molecular formula is H8N4O6S2+4. The Hall–Kier alpha value is -0.0200. The normalized spacial score (nSPS) is 21.3. The van der Waals surface area contributed by atoms with Crippen molar-refractivity contribution in [3.05, 3.63) is 0 Å². The zero-order chi connectivity index (χ0) is 9.83. The van der Waals surface area contributed by atoms with Gasteiger partial charge in [0.25, 0.3) is 0 Å². The monoisotopic (exact) mass is 224 g/mol. The topological polar surface area (TPSA) is 172 Å². The van der Waals surface area contributed by atoms with Crippen LogP contribution in [0.2, 0.25) is 0 Å². The minimum atomic E-state index is -4.22. The van der Waals surface area contributed by atoms with Gasteiger partial charge in [-0.3, -0.25) is 0 Å². The highest BCUT2D eigenvalue weighted by Gasteiger charge is 2.43. The van der Waals surface area contributed by atoms with Crippen LogP contribution in [0.5, 0.6) is 0 Å². The Balaban J connectivity index is 4.00. The fourth-order valence-corrected chi connectivity index (χ4v) is 1.10. The van der Waals surface area contributed by atoms with Crippen molar-refractivity contribution in [2.24, 2.45) is 0 Å². The molecule has 12 heavy (non-hydrogen) atoms. The average Bonchev–Trinajstić information content (AvgIpc) is 2.02. The Bertz CT molecular complexity index is 202. The van der Waals surface area contributed by atoms with Crippen molar-refractivity contribution in [3.8, 4) is 0 Å². The number of hydrogen-bond donors (Lipinski definition) is 4. The molecular weight excluding hydrogens is 216 g/mol. The van der Waals surface area contributed by atoms with E-state index in [2.05, 4.69) is 20.4 Å². The third-order valence-electron chi connectivity index (χ3n) is 0.602. The lowest BCUT2D eigenvalue weighted by Crippen LogP contribution is -2.62. The average molecular weight is 224 g/mol. The van der Waals surface area contributed by atoms with Crippen molar-refractivity contribution >= 4 is 21.4 Å². The summed E-state index contributed by atoms with van der Waals surface area (Å²) >= 11 is 0. The standard InChI is InChI=1S/H8N4O6S2/c1-9-11(5,6)3-4-12(7,8)10-2/h1-2H3,(H,3,5)(H,4,7)/q+4. The van der Waals surface area contributed by atoms with Gasteiger partial charge >= 0.3 is 21.4 Å². The summed E-state index contributed by atoms with van der Waals surface area (Å²) in [6, 6.07) is 0. The first-order valence-corrected chi connectivity index (χ1v) is 5.05. The maximum atomic E-state index is 10.4. The SMILES string of the molecule is [NH3+]O[S+]([O])(=O)NN[S+]([O])(=O)O[NH3+]. The number of rotatable bonds is 5. The van der Waals surface area contributed by atoms with Crippen LogP contribution in [0, 0.1) is 0 Å². The number of quaternary nitrogens is 2. The quantitative estimate of drug-likeness (QED) is 0.274. The number of hydrazine groups is 1. The van der Waals surface area contributed by atoms with Gasteiger partial charge in [0.05, 0.1) is 8.57 Å². The predicted molar refractivity (Wildman–Crippen MR) is 31.7 cm³/mol. The van der Waals surface area contributed by atoms with Crippen molar-refractivity contribution in [2.75, 3.05) is 0 Å². The Kier molecular flexibility index (Phi) is 4.28. The van der Waals surface area contributed by atoms with E-state index in [9.17, 15) is 17.5 Å². The molecule has 0 aromatic carbocycles. The van der Waals surface area contributed by atoms with Crippen LogP contribution in [0.25, 0.3) is 0 Å². The summed E-state index contributed by atoms with van der Waals surface area (Å²) in [5.74, 6) is 5.08. The Morgan fingerprint density at radius 3 is 1.33 bits per heavy atom. The summed E-state index contributed by atoms with van der Waals surface area (Å²) in [6.07, 6.45) is 0. The molecule has 0 amide bonds. The lowest BCUT2D eigenvalue weighted by Gasteiger charge is -1.93. The molecule has 2 unspecified atom stereocenters. The molecule has 12 heteroatoms. The first kappa shape index (κ1) is 12.0. The zero-order valence-corrected chi connectivity index (χ0v) is 7.31. The summed E-state index contributed by atoms with van der Waals surface area (Å²) in [7, 11) is -8.44. The predicted octanol–water partition coefficient (Wildman–Crippen LogP) is -4.22. The minimum Gasteiger partial charge on any atom is -0.157 e. The van der Waals surface area contributed by atoms with E-state index >= 15 is 0 Å². The van der Waals surface area contributed by atoms with Crippen molar-refractivity contribution in [1.82, 2.24) is 9.66 Å². The van der Waals surface area contributed by atoms with E-state index in [0.717, 1.165) is 0 Å². The molecule has 8 N–H and O–H groups in total. The van der Waals surface area contributed by atoms with Crippen LogP contribution in [0.4, 0.5) is 0 Å². The summed E-state index contributed by atoms with van der Waals surface area (Å²) in [4.78, 5) is 2.57. The van der Waals surface area contributed by atoms with E-state index < -0.39 is 21.4 Å². The molecule has 0 heterocycles. The maximum absolute atomic E-state index is 10.4. The second-order valence-corrected chi connectivity index (χ2v) is 4.04. The molecule has 0 fully saturated rings. The Morgan fingerprint density at radius 1 is 0.917 bits per heavy atom. The fourth-order valence-electron chi connectivity index (χ4n) is 0.161. The molecule has 72 valence electrons.